The number of rotatable bonds is 7. The second-order valence-corrected chi connectivity index (χ2v) is 6.40. The van der Waals surface area contributed by atoms with Crippen molar-refractivity contribution in [2.24, 2.45) is 0 Å². The van der Waals surface area contributed by atoms with Gasteiger partial charge in [-0.1, -0.05) is 74.0 Å². The number of ether oxygens (including phenoxy) is 1. The SMILES string of the molecule is CCC[C@@H]1[C@H](OCc2ccccc2)CC(=O)N1Cc1ccccc1. The summed E-state index contributed by atoms with van der Waals surface area (Å²) in [6.07, 6.45) is 2.51. The fraction of sp³-hybridized carbons (Fsp3) is 0.381. The molecule has 24 heavy (non-hydrogen) atoms. The van der Waals surface area contributed by atoms with E-state index in [4.69, 9.17) is 4.74 Å². The first-order valence-electron chi connectivity index (χ1n) is 8.77. The number of nitrogens with zero attached hydrogens (tertiary/aromatic N) is 1. The molecule has 3 heteroatoms. The zero-order valence-electron chi connectivity index (χ0n) is 14.2. The van der Waals surface area contributed by atoms with Crippen molar-refractivity contribution in [2.45, 2.75) is 51.5 Å². The first-order chi connectivity index (χ1) is 11.8. The number of benzene rings is 2. The second-order valence-electron chi connectivity index (χ2n) is 6.40. The van der Waals surface area contributed by atoms with Gasteiger partial charge in [0.25, 0.3) is 0 Å². The number of hydrogen-bond acceptors (Lipinski definition) is 2. The van der Waals surface area contributed by atoms with E-state index in [2.05, 4.69) is 31.2 Å². The molecule has 0 bridgehead atoms. The van der Waals surface area contributed by atoms with Crippen LogP contribution in [-0.2, 0) is 22.7 Å². The molecule has 2 atom stereocenters. The minimum Gasteiger partial charge on any atom is -0.371 e. The highest BCUT2D eigenvalue weighted by atomic mass is 16.5. The quantitative estimate of drug-likeness (QED) is 0.765. The summed E-state index contributed by atoms with van der Waals surface area (Å²) in [5, 5.41) is 0. The molecule has 1 amide bonds. The zero-order valence-corrected chi connectivity index (χ0v) is 14.2. The molecule has 3 nitrogen and oxygen atoms in total. The Kier molecular flexibility index (Phi) is 5.65. The minimum absolute atomic E-state index is 0.0126. The summed E-state index contributed by atoms with van der Waals surface area (Å²) >= 11 is 0. The highest BCUT2D eigenvalue weighted by molar-refractivity contribution is 5.79. The summed E-state index contributed by atoms with van der Waals surface area (Å²) in [6, 6.07) is 20.5. The number of likely N-dealkylation sites (tertiary alicyclic amines) is 1. The predicted octanol–water partition coefficient (Wildman–Crippen LogP) is 4.17. The number of carbonyl (C=O) groups is 1. The topological polar surface area (TPSA) is 29.5 Å². The molecular formula is C21H25NO2. The Morgan fingerprint density at radius 1 is 1.00 bits per heavy atom. The lowest BCUT2D eigenvalue weighted by Crippen LogP contribution is -2.37. The molecule has 0 aliphatic carbocycles. The van der Waals surface area contributed by atoms with Gasteiger partial charge in [-0.3, -0.25) is 4.79 Å². The standard InChI is InChI=1S/C21H25NO2/c1-2-9-19-20(24-16-18-12-7-4-8-13-18)14-21(23)22(19)15-17-10-5-3-6-11-17/h3-8,10-13,19-20H,2,9,14-16H2,1H3/t19-,20-/m1/s1. The number of carbonyl (C=O) groups excluding carboxylic acids is 1. The van der Waals surface area contributed by atoms with Crippen LogP contribution >= 0.6 is 0 Å². The molecule has 2 aromatic rings. The molecule has 2 aromatic carbocycles. The van der Waals surface area contributed by atoms with Gasteiger partial charge in [0.2, 0.25) is 5.91 Å². The molecule has 0 spiro atoms. The minimum atomic E-state index is -0.0126. The largest absolute Gasteiger partial charge is 0.371 e. The molecule has 0 radical (unpaired) electrons. The Morgan fingerprint density at radius 3 is 2.25 bits per heavy atom. The van der Waals surface area contributed by atoms with Crippen molar-refractivity contribution in [3.05, 3.63) is 71.8 Å². The van der Waals surface area contributed by atoms with Gasteiger partial charge in [0.05, 0.1) is 25.2 Å². The van der Waals surface area contributed by atoms with Crippen molar-refractivity contribution >= 4 is 5.91 Å². The van der Waals surface area contributed by atoms with Gasteiger partial charge in [-0.25, -0.2) is 0 Å². The van der Waals surface area contributed by atoms with Gasteiger partial charge >= 0.3 is 0 Å². The molecule has 0 saturated carbocycles. The molecular weight excluding hydrogens is 298 g/mol. The Bertz CT molecular complexity index is 641. The van der Waals surface area contributed by atoms with Crippen LogP contribution in [0.5, 0.6) is 0 Å². The molecule has 1 aliphatic heterocycles. The van der Waals surface area contributed by atoms with Crippen LogP contribution in [0.2, 0.25) is 0 Å². The maximum absolute atomic E-state index is 12.5. The highest BCUT2D eigenvalue weighted by Gasteiger charge is 2.39. The van der Waals surface area contributed by atoms with E-state index in [9.17, 15) is 4.79 Å². The maximum Gasteiger partial charge on any atom is 0.225 e. The lowest BCUT2D eigenvalue weighted by molar-refractivity contribution is -0.129. The molecule has 1 saturated heterocycles. The predicted molar refractivity (Wildman–Crippen MR) is 95.3 cm³/mol. The fourth-order valence-electron chi connectivity index (χ4n) is 3.38. The molecule has 1 heterocycles. The fourth-order valence-corrected chi connectivity index (χ4v) is 3.38. The molecule has 1 aliphatic rings. The molecule has 3 rings (SSSR count). The van der Waals surface area contributed by atoms with E-state index in [1.807, 2.05) is 41.3 Å². The Balaban J connectivity index is 1.67. The van der Waals surface area contributed by atoms with E-state index in [-0.39, 0.29) is 18.1 Å². The summed E-state index contributed by atoms with van der Waals surface area (Å²) in [7, 11) is 0. The molecule has 0 unspecified atom stereocenters. The Labute approximate surface area is 144 Å². The van der Waals surface area contributed by atoms with Gasteiger partial charge in [-0.15, -0.1) is 0 Å². The first kappa shape index (κ1) is 16.7. The third kappa shape index (κ3) is 4.04. The summed E-state index contributed by atoms with van der Waals surface area (Å²) in [5.41, 5.74) is 2.33. The van der Waals surface area contributed by atoms with Crippen LogP contribution in [0, 0.1) is 0 Å². The normalized spacial score (nSPS) is 20.5. The Morgan fingerprint density at radius 2 is 1.62 bits per heavy atom. The third-order valence-electron chi connectivity index (χ3n) is 4.61. The van der Waals surface area contributed by atoms with Crippen LogP contribution < -0.4 is 0 Å². The van der Waals surface area contributed by atoms with Crippen molar-refractivity contribution in [1.29, 1.82) is 0 Å². The van der Waals surface area contributed by atoms with Crippen LogP contribution in [0.25, 0.3) is 0 Å². The van der Waals surface area contributed by atoms with Crippen molar-refractivity contribution < 1.29 is 9.53 Å². The summed E-state index contributed by atoms with van der Waals surface area (Å²) in [6.45, 7) is 3.41. The number of amides is 1. The van der Waals surface area contributed by atoms with Crippen LogP contribution in [0.3, 0.4) is 0 Å². The van der Waals surface area contributed by atoms with Gasteiger partial charge in [-0.05, 0) is 17.5 Å². The van der Waals surface area contributed by atoms with Gasteiger partial charge in [0, 0.05) is 6.54 Å². The highest BCUT2D eigenvalue weighted by Crippen LogP contribution is 2.28. The Hall–Kier alpha value is -2.13. The summed E-state index contributed by atoms with van der Waals surface area (Å²) in [4.78, 5) is 14.5. The van der Waals surface area contributed by atoms with E-state index in [1.54, 1.807) is 0 Å². The van der Waals surface area contributed by atoms with Crippen LogP contribution in [0.4, 0.5) is 0 Å². The lowest BCUT2D eigenvalue weighted by atomic mass is 10.1. The van der Waals surface area contributed by atoms with Crippen LogP contribution in [0.15, 0.2) is 60.7 Å². The van der Waals surface area contributed by atoms with E-state index >= 15 is 0 Å². The van der Waals surface area contributed by atoms with E-state index in [0.29, 0.717) is 19.6 Å². The molecule has 126 valence electrons. The first-order valence-corrected chi connectivity index (χ1v) is 8.77. The van der Waals surface area contributed by atoms with Gasteiger partial charge in [0.15, 0.2) is 0 Å². The molecule has 0 N–H and O–H groups in total. The van der Waals surface area contributed by atoms with Crippen LogP contribution in [0.1, 0.15) is 37.3 Å². The molecule has 0 aromatic heterocycles. The third-order valence-corrected chi connectivity index (χ3v) is 4.61. The van der Waals surface area contributed by atoms with Crippen molar-refractivity contribution in [2.75, 3.05) is 0 Å². The van der Waals surface area contributed by atoms with Crippen molar-refractivity contribution in [3.63, 3.8) is 0 Å². The van der Waals surface area contributed by atoms with Gasteiger partial charge in [0.1, 0.15) is 0 Å². The van der Waals surface area contributed by atoms with Gasteiger partial charge in [-0.2, -0.15) is 0 Å². The number of hydrogen-bond donors (Lipinski definition) is 0. The smallest absolute Gasteiger partial charge is 0.225 e. The summed E-state index contributed by atoms with van der Waals surface area (Å²) < 4.78 is 6.13. The molecule has 1 fully saturated rings. The zero-order chi connectivity index (χ0) is 16.8. The maximum atomic E-state index is 12.5. The van der Waals surface area contributed by atoms with Crippen molar-refractivity contribution in [3.8, 4) is 0 Å². The van der Waals surface area contributed by atoms with E-state index in [0.717, 1.165) is 18.4 Å². The average Bonchev–Trinajstić information content (AvgIpc) is 2.91. The average molecular weight is 323 g/mol. The second kappa shape index (κ2) is 8.11. The van der Waals surface area contributed by atoms with E-state index < -0.39 is 0 Å². The van der Waals surface area contributed by atoms with Crippen molar-refractivity contribution in [1.82, 2.24) is 4.90 Å². The van der Waals surface area contributed by atoms with Gasteiger partial charge < -0.3 is 9.64 Å². The van der Waals surface area contributed by atoms with E-state index in [1.165, 1.54) is 5.56 Å². The summed E-state index contributed by atoms with van der Waals surface area (Å²) in [5.74, 6) is 0.204. The monoisotopic (exact) mass is 323 g/mol. The van der Waals surface area contributed by atoms with Crippen LogP contribution in [-0.4, -0.2) is 23.0 Å². The lowest BCUT2D eigenvalue weighted by Gasteiger charge is -2.28.